The van der Waals surface area contributed by atoms with Crippen LogP contribution in [0.1, 0.15) is 18.1 Å². The van der Waals surface area contributed by atoms with Gasteiger partial charge in [-0.3, -0.25) is 14.9 Å². The van der Waals surface area contributed by atoms with Crippen molar-refractivity contribution >= 4 is 27.9 Å². The van der Waals surface area contributed by atoms with Crippen LogP contribution >= 0.6 is 0 Å². The number of amides is 3. The smallest absolute Gasteiger partial charge is 0.318 e. The molecule has 0 aliphatic heterocycles. The molecule has 2 aromatic rings. The Balaban J connectivity index is 1.98. The van der Waals surface area contributed by atoms with Crippen LogP contribution in [0.3, 0.4) is 0 Å². The highest BCUT2D eigenvalue weighted by atomic mass is 32.2. The molecule has 0 radical (unpaired) electrons. The van der Waals surface area contributed by atoms with Gasteiger partial charge in [0, 0.05) is 12.1 Å². The molecule has 0 bridgehead atoms. The summed E-state index contributed by atoms with van der Waals surface area (Å²) in [5, 5.41) is 1.86. The predicted molar refractivity (Wildman–Crippen MR) is 99.2 cm³/mol. The maximum absolute atomic E-state index is 12.1. The summed E-state index contributed by atoms with van der Waals surface area (Å²) >= 11 is 0. The molecule has 0 heterocycles. The molecule has 1 atom stereocenters. The molecule has 4 N–H and O–H groups in total. The summed E-state index contributed by atoms with van der Waals surface area (Å²) < 4.78 is 31.6. The third kappa shape index (κ3) is 6.18. The number of hydrogen-bond acceptors (Lipinski definition) is 6. The maximum Gasteiger partial charge on any atom is 0.318 e. The summed E-state index contributed by atoms with van der Waals surface area (Å²) in [6, 6.07) is 14.6. The minimum absolute atomic E-state index is 0.0614. The van der Waals surface area contributed by atoms with Gasteiger partial charge in [0.15, 0.2) is 0 Å². The molecule has 0 unspecified atom stereocenters. The van der Waals surface area contributed by atoms with Gasteiger partial charge in [-0.1, -0.05) is 48.5 Å². The first-order valence-electron chi connectivity index (χ1n) is 8.19. The fourth-order valence-corrected chi connectivity index (χ4v) is 3.30. The number of primary amides is 1. The van der Waals surface area contributed by atoms with Crippen LogP contribution in [0.4, 0.5) is 4.79 Å². The summed E-state index contributed by atoms with van der Waals surface area (Å²) in [6.07, 6.45) is -1.72. The molecule has 0 aromatic heterocycles. The van der Waals surface area contributed by atoms with Gasteiger partial charge < -0.3 is 10.5 Å². The number of urea groups is 1. The Morgan fingerprint density at radius 3 is 2.11 bits per heavy atom. The van der Waals surface area contributed by atoms with E-state index in [0.717, 1.165) is 0 Å². The third-order valence-electron chi connectivity index (χ3n) is 3.51. The van der Waals surface area contributed by atoms with Gasteiger partial charge in [0.05, 0.1) is 11.3 Å². The van der Waals surface area contributed by atoms with E-state index < -0.39 is 34.0 Å². The Morgan fingerprint density at radius 2 is 1.54 bits per heavy atom. The zero-order chi connectivity index (χ0) is 20.6. The molecule has 0 spiro atoms. The van der Waals surface area contributed by atoms with E-state index >= 15 is 0 Å². The average molecular weight is 405 g/mol. The molecule has 9 nitrogen and oxygen atoms in total. The second-order valence-corrected chi connectivity index (χ2v) is 7.36. The fourth-order valence-electron chi connectivity index (χ4n) is 2.25. The number of carbonyl (C=O) groups excluding carboxylic acids is 3. The first-order valence-corrected chi connectivity index (χ1v) is 9.67. The van der Waals surface area contributed by atoms with Gasteiger partial charge in [-0.05, 0) is 12.1 Å². The number of sulfonamides is 1. The van der Waals surface area contributed by atoms with Crippen LogP contribution in [-0.4, -0.2) is 32.9 Å². The van der Waals surface area contributed by atoms with Crippen LogP contribution in [0.15, 0.2) is 65.6 Å². The number of hydrogen-bond donors (Lipinski definition) is 3. The molecule has 0 saturated heterocycles. The van der Waals surface area contributed by atoms with Crippen molar-refractivity contribution in [2.24, 2.45) is 5.73 Å². The van der Waals surface area contributed by atoms with Crippen molar-refractivity contribution in [2.45, 2.75) is 17.4 Å². The standard InChI is InChI=1S/C18H19N3O6S/c19-18(24)21-17(23)16(13-7-3-1-4-8-13)27-15(22)11-12-20-28(25,26)14-9-5-2-6-10-14/h1-10,16,20H,11-12H2,(H3,19,21,23,24)/t16-/m0/s1. The van der Waals surface area contributed by atoms with Gasteiger partial charge in [0.1, 0.15) is 0 Å². The minimum Gasteiger partial charge on any atom is -0.447 e. The Hall–Kier alpha value is -3.24. The van der Waals surface area contributed by atoms with Crippen molar-refractivity contribution in [3.05, 3.63) is 66.2 Å². The van der Waals surface area contributed by atoms with Gasteiger partial charge in [-0.2, -0.15) is 0 Å². The number of carbonyl (C=O) groups is 3. The van der Waals surface area contributed by atoms with Crippen LogP contribution < -0.4 is 15.8 Å². The molecule has 0 saturated carbocycles. The summed E-state index contributed by atoms with van der Waals surface area (Å²) in [7, 11) is -3.77. The zero-order valence-corrected chi connectivity index (χ0v) is 15.5. The predicted octanol–water partition coefficient (Wildman–Crippen LogP) is 0.834. The monoisotopic (exact) mass is 405 g/mol. The van der Waals surface area contributed by atoms with Crippen LogP contribution in [0.2, 0.25) is 0 Å². The average Bonchev–Trinajstić information content (AvgIpc) is 2.67. The van der Waals surface area contributed by atoms with Crippen molar-refractivity contribution in [1.29, 1.82) is 0 Å². The van der Waals surface area contributed by atoms with Crippen LogP contribution in [-0.2, 0) is 24.3 Å². The van der Waals surface area contributed by atoms with E-state index in [9.17, 15) is 22.8 Å². The summed E-state index contributed by atoms with van der Waals surface area (Å²) in [4.78, 5) is 35.2. The SMILES string of the molecule is NC(=O)NC(=O)[C@@H](OC(=O)CCNS(=O)(=O)c1ccccc1)c1ccccc1. The molecule has 148 valence electrons. The Bertz CT molecular complexity index is 932. The van der Waals surface area contributed by atoms with E-state index in [1.54, 1.807) is 36.4 Å². The topological polar surface area (TPSA) is 145 Å². The van der Waals surface area contributed by atoms with Gasteiger partial charge in [-0.15, -0.1) is 0 Å². The lowest BCUT2D eigenvalue weighted by atomic mass is 10.1. The normalized spacial score (nSPS) is 12.0. The van der Waals surface area contributed by atoms with Gasteiger partial charge in [0.25, 0.3) is 5.91 Å². The number of nitrogens with one attached hydrogen (secondary N) is 2. The van der Waals surface area contributed by atoms with Crippen molar-refractivity contribution in [3.8, 4) is 0 Å². The van der Waals surface area contributed by atoms with E-state index in [2.05, 4.69) is 4.72 Å². The fraction of sp³-hybridized carbons (Fsp3) is 0.167. The zero-order valence-electron chi connectivity index (χ0n) is 14.7. The second-order valence-electron chi connectivity index (χ2n) is 5.59. The third-order valence-corrected chi connectivity index (χ3v) is 4.99. The van der Waals surface area contributed by atoms with Gasteiger partial charge in [-0.25, -0.2) is 17.9 Å². The van der Waals surface area contributed by atoms with Crippen LogP contribution in [0.5, 0.6) is 0 Å². The largest absolute Gasteiger partial charge is 0.447 e. The van der Waals surface area contributed by atoms with Gasteiger partial charge >= 0.3 is 12.0 Å². The first kappa shape index (κ1) is 21.1. The molecule has 10 heteroatoms. The van der Waals surface area contributed by atoms with E-state index in [0.29, 0.717) is 5.56 Å². The first-order chi connectivity index (χ1) is 13.3. The highest BCUT2D eigenvalue weighted by Crippen LogP contribution is 2.18. The Morgan fingerprint density at radius 1 is 0.964 bits per heavy atom. The van der Waals surface area contributed by atoms with E-state index in [4.69, 9.17) is 10.5 Å². The highest BCUT2D eigenvalue weighted by molar-refractivity contribution is 7.89. The lowest BCUT2D eigenvalue weighted by Crippen LogP contribution is -2.39. The molecule has 28 heavy (non-hydrogen) atoms. The van der Waals surface area contributed by atoms with E-state index in [1.165, 1.54) is 24.3 Å². The Kier molecular flexibility index (Phi) is 7.24. The molecule has 2 aromatic carbocycles. The molecule has 0 aliphatic carbocycles. The van der Waals surface area contributed by atoms with Crippen molar-refractivity contribution < 1.29 is 27.5 Å². The number of benzene rings is 2. The summed E-state index contributed by atoms with van der Waals surface area (Å²) in [6.45, 7) is -0.227. The quantitative estimate of drug-likeness (QED) is 0.555. The van der Waals surface area contributed by atoms with E-state index in [-0.39, 0.29) is 17.9 Å². The number of esters is 1. The number of rotatable bonds is 8. The highest BCUT2D eigenvalue weighted by Gasteiger charge is 2.26. The second kappa shape index (κ2) is 9.62. The van der Waals surface area contributed by atoms with Crippen molar-refractivity contribution in [2.75, 3.05) is 6.54 Å². The lowest BCUT2D eigenvalue weighted by molar-refractivity contribution is -0.156. The number of imide groups is 1. The molecular weight excluding hydrogens is 386 g/mol. The van der Waals surface area contributed by atoms with Crippen molar-refractivity contribution in [1.82, 2.24) is 10.0 Å². The number of nitrogens with two attached hydrogens (primary N) is 1. The minimum atomic E-state index is -3.77. The summed E-state index contributed by atoms with van der Waals surface area (Å²) in [5.74, 6) is -1.74. The Labute approximate surface area is 161 Å². The maximum atomic E-state index is 12.1. The summed E-state index contributed by atoms with van der Waals surface area (Å²) in [5.41, 5.74) is 5.27. The van der Waals surface area contributed by atoms with Gasteiger partial charge in [0.2, 0.25) is 16.1 Å². The molecule has 2 rings (SSSR count). The molecule has 0 fully saturated rings. The van der Waals surface area contributed by atoms with Crippen LogP contribution in [0, 0.1) is 0 Å². The molecular formula is C18H19N3O6S. The molecule has 3 amide bonds. The van der Waals surface area contributed by atoms with Crippen LogP contribution in [0.25, 0.3) is 0 Å². The van der Waals surface area contributed by atoms with E-state index in [1.807, 2.05) is 5.32 Å². The van der Waals surface area contributed by atoms with Crippen molar-refractivity contribution in [3.63, 3.8) is 0 Å². The number of ether oxygens (including phenoxy) is 1. The molecule has 0 aliphatic rings. The lowest BCUT2D eigenvalue weighted by Gasteiger charge is -2.17.